The number of amides is 5. The van der Waals surface area contributed by atoms with Crippen molar-refractivity contribution < 1.29 is 72.3 Å². The van der Waals surface area contributed by atoms with Crippen LogP contribution in [-0.4, -0.2) is 199 Å². The number of nitrogens with one attached hydrogen (secondary N) is 7. The molecule has 2 aromatic carbocycles. The molecule has 0 aromatic heterocycles. The molecule has 0 aliphatic carbocycles. The van der Waals surface area contributed by atoms with Crippen molar-refractivity contribution in [2.75, 3.05) is 82.8 Å². The van der Waals surface area contributed by atoms with Gasteiger partial charge in [0.25, 0.3) is 5.91 Å². The maximum Gasteiger partial charge on any atom is 0.326 e. The van der Waals surface area contributed by atoms with E-state index in [0.29, 0.717) is 53.7 Å². The van der Waals surface area contributed by atoms with E-state index in [0.717, 1.165) is 40.8 Å². The van der Waals surface area contributed by atoms with Crippen LogP contribution in [0.1, 0.15) is 121 Å². The Labute approximate surface area is 521 Å². The lowest BCUT2D eigenvalue weighted by Gasteiger charge is -2.16. The molecule has 4 heterocycles. The Morgan fingerprint density at radius 3 is 1.42 bits per heavy atom. The van der Waals surface area contributed by atoms with E-state index >= 15 is 0 Å². The van der Waals surface area contributed by atoms with Crippen molar-refractivity contribution in [3.63, 3.8) is 0 Å². The Hall–Kier alpha value is -6.12. The molecule has 472 valence electrons. The zero-order valence-electron chi connectivity index (χ0n) is 48.0. The number of carbonyl (C=O) groups is 9. The first-order valence-electron chi connectivity index (χ1n) is 29.0. The first kappa shape index (κ1) is 69.0. The number of guanidine groups is 2. The molecule has 13 N–H and O–H groups in total. The lowest BCUT2D eigenvalue weighted by atomic mass is 9.99. The number of carbonyl (C=O) groups excluding carboxylic acids is 7. The second-order valence-corrected chi connectivity index (χ2v) is 24.8. The summed E-state index contributed by atoms with van der Waals surface area (Å²) in [5.41, 5.74) is 12.7. The molecule has 86 heavy (non-hydrogen) atoms. The number of Topliss-reactive ketones (excluding diaryl/α,β-unsaturated/α-hetero) is 2. The lowest BCUT2D eigenvalue weighted by Crippen LogP contribution is -2.44. The first-order valence-corrected chi connectivity index (χ1v) is 32.2. The highest BCUT2D eigenvalue weighted by Gasteiger charge is 2.41. The summed E-state index contributed by atoms with van der Waals surface area (Å²) in [6, 6.07) is 9.48. The monoisotopic (exact) mass is 1350 g/mol. The van der Waals surface area contributed by atoms with Crippen molar-refractivity contribution in [3.05, 3.63) is 62.7 Å². The number of unbranched alkanes of at least 4 members (excludes halogenated alkanes) is 2. The third kappa shape index (κ3) is 24.2. The van der Waals surface area contributed by atoms with Gasteiger partial charge in [-0.1, -0.05) is 12.8 Å². The summed E-state index contributed by atoms with van der Waals surface area (Å²) in [5.74, 6) is -2.80. The summed E-state index contributed by atoms with van der Waals surface area (Å²) in [5, 5.41) is 39.1. The van der Waals surface area contributed by atoms with Gasteiger partial charge in [0.15, 0.2) is 23.5 Å². The Morgan fingerprint density at radius 1 is 0.558 bits per heavy atom. The number of halogens is 1. The SMILES string of the molecule is NC1=N[C@H]2[C@H](CS[C@H]2CCCCC(=O)N[C@@H](CC(=O)NCCOCCOCCCC(=O)c2cc(NC(=O)c3ccc(I)cc3)cc(C(=O)CCCOCCOCCNC(=O)C[C@H](NC(=O)CCCC[C@@H]3SC[C@@H]4NC(N)=N[C@@H]43)C(=O)O)c2)C(=O)O)N1. The van der Waals surface area contributed by atoms with Gasteiger partial charge in [0.2, 0.25) is 23.6 Å². The smallest absolute Gasteiger partial charge is 0.326 e. The van der Waals surface area contributed by atoms with E-state index in [9.17, 15) is 53.4 Å². The highest BCUT2D eigenvalue weighted by atomic mass is 127. The number of carboxylic acids is 2. The van der Waals surface area contributed by atoms with Gasteiger partial charge < -0.3 is 77.8 Å². The van der Waals surface area contributed by atoms with Crippen LogP contribution < -0.4 is 48.7 Å². The highest BCUT2D eigenvalue weighted by molar-refractivity contribution is 14.1. The van der Waals surface area contributed by atoms with Gasteiger partial charge in [-0.15, -0.1) is 0 Å². The molecule has 4 aliphatic rings. The van der Waals surface area contributed by atoms with Crippen molar-refractivity contribution in [1.29, 1.82) is 0 Å². The predicted molar refractivity (Wildman–Crippen MR) is 332 cm³/mol. The van der Waals surface area contributed by atoms with Crippen molar-refractivity contribution in [2.45, 2.75) is 137 Å². The molecule has 29 heteroatoms. The topological polar surface area (TPSA) is 392 Å². The van der Waals surface area contributed by atoms with Crippen LogP contribution in [0.4, 0.5) is 5.69 Å². The fourth-order valence-electron chi connectivity index (χ4n) is 9.92. The van der Waals surface area contributed by atoms with Crippen molar-refractivity contribution in [3.8, 4) is 0 Å². The van der Waals surface area contributed by atoms with E-state index in [-0.39, 0.29) is 144 Å². The van der Waals surface area contributed by atoms with Gasteiger partial charge in [-0.3, -0.25) is 33.6 Å². The second-order valence-electron chi connectivity index (χ2n) is 21.0. The number of fused-ring (bicyclic) bond motifs is 2. The summed E-state index contributed by atoms with van der Waals surface area (Å²) < 4.78 is 23.3. The van der Waals surface area contributed by atoms with E-state index in [1.54, 1.807) is 24.3 Å². The average molecular weight is 1350 g/mol. The van der Waals surface area contributed by atoms with Crippen LogP contribution >= 0.6 is 46.1 Å². The van der Waals surface area contributed by atoms with Crippen LogP contribution in [0, 0.1) is 3.57 Å². The maximum atomic E-state index is 13.5. The molecular weight excluding hydrogens is 1270 g/mol. The van der Waals surface area contributed by atoms with Crippen LogP contribution in [0.2, 0.25) is 0 Å². The van der Waals surface area contributed by atoms with Crippen molar-refractivity contribution >= 4 is 117 Å². The minimum absolute atomic E-state index is 0.0821. The Balaban J connectivity index is 0.802. The first-order chi connectivity index (χ1) is 41.4. The molecule has 6 rings (SSSR count). The minimum atomic E-state index is -1.37. The van der Waals surface area contributed by atoms with Gasteiger partial charge >= 0.3 is 11.9 Å². The fourth-order valence-corrected chi connectivity index (χ4v) is 13.3. The Kier molecular flexibility index (Phi) is 29.6. The third-order valence-corrected chi connectivity index (χ3v) is 18.1. The Morgan fingerprint density at radius 2 is 0.988 bits per heavy atom. The van der Waals surface area contributed by atoms with Gasteiger partial charge in [0.1, 0.15) is 12.1 Å². The number of aliphatic imine (C=N–C) groups is 2. The quantitative estimate of drug-likeness (QED) is 0.0258. The number of carboxylic acid groups (broad SMARTS) is 2. The van der Waals surface area contributed by atoms with E-state index < -0.39 is 66.4 Å². The van der Waals surface area contributed by atoms with Crippen LogP contribution in [0.15, 0.2) is 52.4 Å². The number of nitrogens with zero attached hydrogens (tertiary/aromatic N) is 2. The minimum Gasteiger partial charge on any atom is -0.480 e. The summed E-state index contributed by atoms with van der Waals surface area (Å²) in [7, 11) is 0. The predicted octanol–water partition coefficient (Wildman–Crippen LogP) is 2.35. The normalized spacial score (nSPS) is 19.8. The van der Waals surface area contributed by atoms with Crippen molar-refractivity contribution in [1.82, 2.24) is 31.9 Å². The molecule has 2 fully saturated rings. The molecule has 4 aliphatic heterocycles. The number of nitrogens with two attached hydrogens (primary N) is 2. The summed E-state index contributed by atoms with van der Waals surface area (Å²) in [4.78, 5) is 123. The second kappa shape index (κ2) is 36.9. The molecule has 0 saturated carbocycles. The number of hydrogen-bond donors (Lipinski definition) is 11. The van der Waals surface area contributed by atoms with Crippen LogP contribution in [-0.2, 0) is 47.7 Å². The molecule has 2 aromatic rings. The largest absolute Gasteiger partial charge is 0.480 e. The van der Waals surface area contributed by atoms with Gasteiger partial charge in [0, 0.05) is 99.9 Å². The van der Waals surface area contributed by atoms with Crippen LogP contribution in [0.3, 0.4) is 0 Å². The number of anilines is 1. The number of ether oxygens (including phenoxy) is 4. The number of ketones is 2. The van der Waals surface area contributed by atoms with E-state index in [4.69, 9.17) is 30.4 Å². The molecule has 5 amide bonds. The number of benzene rings is 2. The molecule has 0 bridgehead atoms. The van der Waals surface area contributed by atoms with Gasteiger partial charge in [-0.05, 0) is 104 Å². The van der Waals surface area contributed by atoms with Crippen molar-refractivity contribution in [2.24, 2.45) is 21.5 Å². The van der Waals surface area contributed by atoms with E-state index in [2.05, 4.69) is 69.8 Å². The highest BCUT2D eigenvalue weighted by Crippen LogP contribution is 2.36. The number of aliphatic carboxylic acids is 2. The molecular formula is C57H80IN11O15S2. The standard InChI is InChI=1S/C57H80IN11O15S2/c58-37-15-13-34(14-16-37)53(76)63-38-28-35(43(70)7-5-19-81-23-25-83-21-17-61-49(74)30-39(54(77)78)64-47(72)11-3-1-9-45-51-41(32-85-45)66-56(59)68-51)27-36(29-38)44(71)8-6-20-82-24-26-84-22-18-62-50(75)31-40(55(79)80)65-48(73)12-4-2-10-46-52-42(33-86-46)67-57(60)69-52/h13-16,27-29,39-42,45-46,51-52H,1-12,17-26,30-33H2,(H,61,74)(H,62,75)(H,63,76)(H,64,72)(H,65,73)(H,77,78)(H,79,80)(H3,59,66,68)(H3,60,67,69)/t39-,40-,41-,42-,45-,46-,51-,52-/m0/s1. The van der Waals surface area contributed by atoms with Gasteiger partial charge in [-0.25, -0.2) is 19.6 Å². The van der Waals surface area contributed by atoms with Gasteiger partial charge in [-0.2, -0.15) is 23.5 Å². The fraction of sp³-hybridized carbons (Fsp3) is 0.596. The summed E-state index contributed by atoms with van der Waals surface area (Å²) in [6.07, 6.45) is 4.68. The van der Waals surface area contributed by atoms with E-state index in [1.807, 2.05) is 23.5 Å². The molecule has 0 spiro atoms. The third-order valence-electron chi connectivity index (χ3n) is 14.3. The maximum absolute atomic E-state index is 13.5. The molecule has 8 atom stereocenters. The average Bonchev–Trinajstić information content (AvgIpc) is 2.61. The van der Waals surface area contributed by atoms with Crippen LogP contribution in [0.25, 0.3) is 0 Å². The molecule has 26 nitrogen and oxygen atoms in total. The zero-order valence-corrected chi connectivity index (χ0v) is 51.8. The molecule has 0 radical (unpaired) electrons. The van der Waals surface area contributed by atoms with Crippen LogP contribution in [0.5, 0.6) is 0 Å². The molecule has 2 saturated heterocycles. The summed E-state index contributed by atoms with van der Waals surface area (Å²) in [6.45, 7) is 1.66. The zero-order chi connectivity index (χ0) is 61.8. The summed E-state index contributed by atoms with van der Waals surface area (Å²) >= 11 is 5.79. The Bertz CT molecular complexity index is 2560. The number of rotatable bonds is 42. The molecule has 0 unspecified atom stereocenters. The van der Waals surface area contributed by atoms with E-state index in [1.165, 1.54) is 18.2 Å². The number of hydrogen-bond acceptors (Lipinski definition) is 21. The lowest BCUT2D eigenvalue weighted by molar-refractivity contribution is -0.143. The number of thioether (sulfide) groups is 2. The van der Waals surface area contributed by atoms with Gasteiger partial charge in [0.05, 0.1) is 76.7 Å².